The first-order valence-corrected chi connectivity index (χ1v) is 13.1. The van der Waals surface area contributed by atoms with Gasteiger partial charge in [0.15, 0.2) is 0 Å². The summed E-state index contributed by atoms with van der Waals surface area (Å²) in [6.07, 6.45) is -10.7. The number of hydrogen-bond acceptors (Lipinski definition) is 4. The van der Waals surface area contributed by atoms with E-state index in [-0.39, 0.29) is 45.1 Å². The standard InChI is InChI=1S/C27H28F7N5O3/c28-20-4-1-3-16(11-20)14-37-15-22-38(8-6-23(40)39(22)21(24(37)41)5-2-7-35)25(42)36-13-17-9-18(26(29,30)31)12-19(10-17)27(32,33)34/h1,3-4,9-12,21-22H,2,5-8,13-15,35H2,(H,36,42)/t21-,22+/m0/s1. The zero-order valence-corrected chi connectivity index (χ0v) is 22.1. The third-order valence-corrected chi connectivity index (χ3v) is 7.15. The van der Waals surface area contributed by atoms with Gasteiger partial charge in [0.05, 0.1) is 17.7 Å². The van der Waals surface area contributed by atoms with Crippen LogP contribution in [0.4, 0.5) is 35.5 Å². The molecule has 0 aliphatic carbocycles. The van der Waals surface area contributed by atoms with E-state index in [4.69, 9.17) is 5.73 Å². The Hall–Kier alpha value is -3.88. The Bertz CT molecular complexity index is 1300. The molecule has 2 fully saturated rings. The third kappa shape index (κ3) is 6.94. The van der Waals surface area contributed by atoms with E-state index in [1.54, 1.807) is 6.07 Å². The number of urea groups is 1. The van der Waals surface area contributed by atoms with E-state index < -0.39 is 71.5 Å². The quantitative estimate of drug-likeness (QED) is 0.466. The van der Waals surface area contributed by atoms with Crippen LogP contribution in [-0.4, -0.2) is 64.4 Å². The zero-order chi connectivity index (χ0) is 30.8. The van der Waals surface area contributed by atoms with E-state index >= 15 is 0 Å². The Labute approximate surface area is 236 Å². The van der Waals surface area contributed by atoms with E-state index in [1.807, 2.05) is 0 Å². The molecule has 2 aliphatic heterocycles. The van der Waals surface area contributed by atoms with E-state index in [0.29, 0.717) is 24.1 Å². The van der Waals surface area contributed by atoms with Crippen LogP contribution in [0.1, 0.15) is 41.5 Å². The molecule has 0 aromatic heterocycles. The van der Waals surface area contributed by atoms with Crippen molar-refractivity contribution in [2.45, 2.75) is 56.9 Å². The maximum absolute atomic E-state index is 13.8. The van der Waals surface area contributed by atoms with Gasteiger partial charge in [-0.3, -0.25) is 9.59 Å². The van der Waals surface area contributed by atoms with E-state index in [2.05, 4.69) is 5.32 Å². The Balaban J connectivity index is 1.58. The molecule has 0 unspecified atom stereocenters. The summed E-state index contributed by atoms with van der Waals surface area (Å²) in [5.41, 5.74) is 2.64. The van der Waals surface area contributed by atoms with Crippen LogP contribution in [0.2, 0.25) is 0 Å². The number of benzene rings is 2. The smallest absolute Gasteiger partial charge is 0.334 e. The Morgan fingerprint density at radius 2 is 1.64 bits per heavy atom. The van der Waals surface area contributed by atoms with Gasteiger partial charge in [-0.25, -0.2) is 9.18 Å². The molecular weight excluding hydrogens is 575 g/mol. The molecule has 3 N–H and O–H groups in total. The van der Waals surface area contributed by atoms with Crippen molar-refractivity contribution in [1.29, 1.82) is 0 Å². The molecule has 4 amide bonds. The van der Waals surface area contributed by atoms with Gasteiger partial charge < -0.3 is 25.8 Å². The lowest BCUT2D eigenvalue weighted by Gasteiger charge is -2.52. The number of nitrogens with zero attached hydrogens (tertiary/aromatic N) is 3. The molecule has 0 saturated carbocycles. The molecule has 4 rings (SSSR count). The number of carbonyl (C=O) groups is 3. The summed E-state index contributed by atoms with van der Waals surface area (Å²) in [6, 6.07) is 4.78. The van der Waals surface area contributed by atoms with Crippen LogP contribution in [0.3, 0.4) is 0 Å². The third-order valence-electron chi connectivity index (χ3n) is 7.15. The number of nitrogens with one attached hydrogen (secondary N) is 1. The fourth-order valence-corrected chi connectivity index (χ4v) is 5.20. The van der Waals surface area contributed by atoms with Gasteiger partial charge in [0.2, 0.25) is 11.8 Å². The highest BCUT2D eigenvalue weighted by atomic mass is 19.4. The number of rotatable bonds is 7. The maximum Gasteiger partial charge on any atom is 0.416 e. The first-order valence-electron chi connectivity index (χ1n) is 13.1. The lowest BCUT2D eigenvalue weighted by molar-refractivity contribution is -0.167. The summed E-state index contributed by atoms with van der Waals surface area (Å²) in [7, 11) is 0. The van der Waals surface area contributed by atoms with Crippen molar-refractivity contribution in [3.63, 3.8) is 0 Å². The Kier molecular flexibility index (Phi) is 8.99. The van der Waals surface area contributed by atoms with Crippen molar-refractivity contribution in [3.05, 3.63) is 70.5 Å². The summed E-state index contributed by atoms with van der Waals surface area (Å²) >= 11 is 0. The van der Waals surface area contributed by atoms with Crippen LogP contribution in [0.25, 0.3) is 0 Å². The summed E-state index contributed by atoms with van der Waals surface area (Å²) in [6.45, 7) is -0.704. The average molecular weight is 604 g/mol. The van der Waals surface area contributed by atoms with E-state index in [0.717, 1.165) is 0 Å². The van der Waals surface area contributed by atoms with Gasteiger partial charge in [0.1, 0.15) is 18.0 Å². The summed E-state index contributed by atoms with van der Waals surface area (Å²) in [5.74, 6) is -1.32. The number of fused-ring (bicyclic) bond motifs is 1. The number of halogens is 7. The van der Waals surface area contributed by atoms with Crippen molar-refractivity contribution in [2.75, 3.05) is 19.6 Å². The second kappa shape index (κ2) is 12.2. The van der Waals surface area contributed by atoms with E-state index in [1.165, 1.54) is 32.9 Å². The molecule has 228 valence electrons. The molecule has 2 aromatic carbocycles. The van der Waals surface area contributed by atoms with Crippen molar-refractivity contribution in [1.82, 2.24) is 20.0 Å². The van der Waals surface area contributed by atoms with Gasteiger partial charge in [-0.1, -0.05) is 12.1 Å². The van der Waals surface area contributed by atoms with Crippen molar-refractivity contribution < 1.29 is 45.1 Å². The summed E-state index contributed by atoms with van der Waals surface area (Å²) < 4.78 is 93.3. The first-order chi connectivity index (χ1) is 19.7. The molecule has 42 heavy (non-hydrogen) atoms. The summed E-state index contributed by atoms with van der Waals surface area (Å²) in [4.78, 5) is 43.6. The number of amides is 4. The molecule has 2 aliphatic rings. The van der Waals surface area contributed by atoms with Crippen LogP contribution < -0.4 is 11.1 Å². The topological polar surface area (TPSA) is 99.0 Å². The van der Waals surface area contributed by atoms with Crippen LogP contribution in [0, 0.1) is 5.82 Å². The minimum absolute atomic E-state index is 0.00679. The first kappa shape index (κ1) is 31.1. The van der Waals surface area contributed by atoms with Crippen LogP contribution in [0.15, 0.2) is 42.5 Å². The van der Waals surface area contributed by atoms with Gasteiger partial charge >= 0.3 is 18.4 Å². The number of hydrogen-bond donors (Lipinski definition) is 2. The minimum Gasteiger partial charge on any atom is -0.334 e. The highest BCUT2D eigenvalue weighted by molar-refractivity contribution is 5.91. The fourth-order valence-electron chi connectivity index (χ4n) is 5.20. The lowest BCUT2D eigenvalue weighted by Crippen LogP contribution is -2.71. The summed E-state index contributed by atoms with van der Waals surface area (Å²) in [5, 5.41) is 2.36. The SMILES string of the molecule is NCCC[C@H]1C(=O)N(Cc2cccc(F)c2)C[C@@H]2N(C(=O)NCc3cc(C(F)(F)F)cc(C(F)(F)F)c3)CCC(=O)N21. The van der Waals surface area contributed by atoms with Gasteiger partial charge in [-0.2, -0.15) is 26.3 Å². The molecule has 8 nitrogen and oxygen atoms in total. The average Bonchev–Trinajstić information content (AvgIpc) is 2.91. The van der Waals surface area contributed by atoms with Gasteiger partial charge in [0.25, 0.3) is 0 Å². The number of carbonyl (C=O) groups excluding carboxylic acids is 3. The minimum atomic E-state index is -5.05. The Morgan fingerprint density at radius 1 is 0.976 bits per heavy atom. The highest BCUT2D eigenvalue weighted by Crippen LogP contribution is 2.36. The molecule has 2 aromatic rings. The van der Waals surface area contributed by atoms with Crippen LogP contribution in [-0.2, 0) is 35.0 Å². The second-order valence-electron chi connectivity index (χ2n) is 10.1. The monoisotopic (exact) mass is 603 g/mol. The highest BCUT2D eigenvalue weighted by Gasteiger charge is 2.48. The molecule has 2 atom stereocenters. The molecule has 2 saturated heterocycles. The van der Waals surface area contributed by atoms with E-state index in [9.17, 15) is 45.1 Å². The largest absolute Gasteiger partial charge is 0.416 e. The zero-order valence-electron chi connectivity index (χ0n) is 22.1. The molecule has 2 heterocycles. The molecule has 0 spiro atoms. The predicted octanol–water partition coefficient (Wildman–Crippen LogP) is 4.08. The number of alkyl halides is 6. The van der Waals surface area contributed by atoms with Crippen molar-refractivity contribution in [3.8, 4) is 0 Å². The lowest BCUT2D eigenvalue weighted by atomic mass is 9.99. The molecular formula is C27H28F7N5O3. The van der Waals surface area contributed by atoms with Crippen LogP contribution >= 0.6 is 0 Å². The van der Waals surface area contributed by atoms with Gasteiger partial charge in [0, 0.05) is 26.1 Å². The predicted molar refractivity (Wildman–Crippen MR) is 135 cm³/mol. The normalized spacial score (nSPS) is 19.7. The van der Waals surface area contributed by atoms with Crippen molar-refractivity contribution >= 4 is 17.8 Å². The molecule has 0 radical (unpaired) electrons. The molecule has 15 heteroatoms. The Morgan fingerprint density at radius 3 is 2.24 bits per heavy atom. The van der Waals surface area contributed by atoms with Crippen LogP contribution in [0.5, 0.6) is 0 Å². The van der Waals surface area contributed by atoms with Gasteiger partial charge in [-0.15, -0.1) is 0 Å². The van der Waals surface area contributed by atoms with Gasteiger partial charge in [-0.05, 0) is 60.8 Å². The number of piperazine rings is 1. The van der Waals surface area contributed by atoms with Crippen molar-refractivity contribution in [2.24, 2.45) is 5.73 Å². The molecule has 0 bridgehead atoms. The number of nitrogens with two attached hydrogens (primary N) is 1. The second-order valence-corrected chi connectivity index (χ2v) is 10.1. The maximum atomic E-state index is 13.8. The fraction of sp³-hybridized carbons (Fsp3) is 0.444.